The molecule has 116 valence electrons. The molecular formula is C17H18FNO2S. The normalized spacial score (nSPS) is 15.0. The molecule has 0 bridgehead atoms. The van der Waals surface area contributed by atoms with Gasteiger partial charge in [0, 0.05) is 16.0 Å². The molecule has 0 radical (unpaired) electrons. The fraction of sp³-hybridized carbons (Fsp3) is 0.353. The summed E-state index contributed by atoms with van der Waals surface area (Å²) < 4.78 is 19.8. The fourth-order valence-corrected chi connectivity index (χ4v) is 3.64. The Hall–Kier alpha value is -1.88. The average Bonchev–Trinajstić information content (AvgIpc) is 2.94. The first-order valence-corrected chi connectivity index (χ1v) is 8.30. The number of benzene rings is 1. The molecule has 1 aliphatic rings. The molecule has 2 heterocycles. The molecule has 22 heavy (non-hydrogen) atoms. The number of fused-ring (bicyclic) bond motifs is 1. The van der Waals surface area contributed by atoms with Crippen molar-refractivity contribution in [2.24, 2.45) is 0 Å². The van der Waals surface area contributed by atoms with Crippen LogP contribution < -0.4 is 5.32 Å². The molecule has 1 amide bonds. The van der Waals surface area contributed by atoms with Crippen LogP contribution in [-0.2, 0) is 16.1 Å². The van der Waals surface area contributed by atoms with Crippen molar-refractivity contribution in [2.45, 2.75) is 32.7 Å². The van der Waals surface area contributed by atoms with E-state index in [2.05, 4.69) is 5.32 Å². The van der Waals surface area contributed by atoms with Gasteiger partial charge in [-0.05, 0) is 42.5 Å². The Bertz CT molecular complexity index is 735. The van der Waals surface area contributed by atoms with Crippen molar-refractivity contribution in [1.82, 2.24) is 5.32 Å². The highest BCUT2D eigenvalue weighted by atomic mass is 32.1. The van der Waals surface area contributed by atoms with Gasteiger partial charge >= 0.3 is 0 Å². The highest BCUT2D eigenvalue weighted by Crippen LogP contribution is 2.26. The van der Waals surface area contributed by atoms with Gasteiger partial charge in [0.2, 0.25) is 0 Å². The van der Waals surface area contributed by atoms with Gasteiger partial charge in [0.1, 0.15) is 11.6 Å². The number of ether oxygens (including phenoxy) is 1. The van der Waals surface area contributed by atoms with Gasteiger partial charge in [-0.15, -0.1) is 11.3 Å². The monoisotopic (exact) mass is 319 g/mol. The molecule has 0 aliphatic carbocycles. The molecule has 1 aromatic carbocycles. The van der Waals surface area contributed by atoms with Crippen molar-refractivity contribution >= 4 is 27.3 Å². The summed E-state index contributed by atoms with van der Waals surface area (Å²) in [7, 11) is 0. The van der Waals surface area contributed by atoms with Crippen LogP contribution in [0.5, 0.6) is 0 Å². The molecular weight excluding hydrogens is 301 g/mol. The molecule has 1 aromatic heterocycles. The Morgan fingerprint density at radius 1 is 1.41 bits per heavy atom. The van der Waals surface area contributed by atoms with Gasteiger partial charge in [-0.3, -0.25) is 4.79 Å². The van der Waals surface area contributed by atoms with E-state index in [0.717, 1.165) is 45.6 Å². The second-order valence-corrected chi connectivity index (χ2v) is 6.45. The Morgan fingerprint density at radius 3 is 3.09 bits per heavy atom. The molecule has 1 aliphatic heterocycles. The number of halogens is 1. The summed E-state index contributed by atoms with van der Waals surface area (Å²) in [5, 5.41) is 3.83. The number of carbonyl (C=O) groups excluding carboxylic acids is 1. The largest absolute Gasteiger partial charge is 0.497 e. The van der Waals surface area contributed by atoms with Crippen LogP contribution in [0.15, 0.2) is 35.6 Å². The van der Waals surface area contributed by atoms with Crippen molar-refractivity contribution in [3.8, 4) is 0 Å². The highest BCUT2D eigenvalue weighted by Gasteiger charge is 2.19. The van der Waals surface area contributed by atoms with E-state index in [1.54, 1.807) is 17.4 Å². The number of thiophene rings is 1. The second kappa shape index (κ2) is 6.48. The fourth-order valence-electron chi connectivity index (χ4n) is 2.66. The smallest absolute Gasteiger partial charge is 0.250 e. The predicted molar refractivity (Wildman–Crippen MR) is 86.1 cm³/mol. The zero-order chi connectivity index (χ0) is 15.5. The SMILES string of the molecule is CCC1=C(C(=O)NCc2cc3cc(F)ccc3s2)CCCO1. The molecule has 3 nitrogen and oxygen atoms in total. The number of rotatable bonds is 4. The van der Waals surface area contributed by atoms with E-state index < -0.39 is 0 Å². The van der Waals surface area contributed by atoms with E-state index in [4.69, 9.17) is 4.74 Å². The van der Waals surface area contributed by atoms with E-state index in [1.165, 1.54) is 12.1 Å². The summed E-state index contributed by atoms with van der Waals surface area (Å²) >= 11 is 1.57. The molecule has 0 saturated carbocycles. The minimum Gasteiger partial charge on any atom is -0.497 e. The third-order valence-electron chi connectivity index (χ3n) is 3.73. The summed E-state index contributed by atoms with van der Waals surface area (Å²) in [5.74, 6) is 0.514. The van der Waals surface area contributed by atoms with Crippen LogP contribution in [0, 0.1) is 5.82 Å². The third-order valence-corrected chi connectivity index (χ3v) is 4.85. The number of amides is 1. The van der Waals surface area contributed by atoms with Crippen LogP contribution in [0.2, 0.25) is 0 Å². The van der Waals surface area contributed by atoms with Gasteiger partial charge in [-0.1, -0.05) is 6.92 Å². The molecule has 0 saturated heterocycles. The summed E-state index contributed by atoms with van der Waals surface area (Å²) in [4.78, 5) is 13.3. The zero-order valence-corrected chi connectivity index (χ0v) is 13.3. The molecule has 2 aromatic rings. The molecule has 0 fully saturated rings. The number of carbonyl (C=O) groups is 1. The Kier molecular flexibility index (Phi) is 4.43. The van der Waals surface area contributed by atoms with Crippen molar-refractivity contribution in [1.29, 1.82) is 0 Å². The Morgan fingerprint density at radius 2 is 2.27 bits per heavy atom. The van der Waals surface area contributed by atoms with Gasteiger partial charge < -0.3 is 10.1 Å². The van der Waals surface area contributed by atoms with Gasteiger partial charge in [0.05, 0.1) is 18.7 Å². The van der Waals surface area contributed by atoms with Crippen LogP contribution in [0.3, 0.4) is 0 Å². The van der Waals surface area contributed by atoms with Crippen LogP contribution in [0.4, 0.5) is 4.39 Å². The van der Waals surface area contributed by atoms with Crippen LogP contribution >= 0.6 is 11.3 Å². The van der Waals surface area contributed by atoms with Crippen molar-refractivity contribution in [3.05, 3.63) is 46.3 Å². The van der Waals surface area contributed by atoms with Gasteiger partial charge in [0.25, 0.3) is 5.91 Å². The van der Waals surface area contributed by atoms with Gasteiger partial charge in [-0.2, -0.15) is 0 Å². The lowest BCUT2D eigenvalue weighted by Crippen LogP contribution is -2.27. The molecule has 3 rings (SSSR count). The lowest BCUT2D eigenvalue weighted by molar-refractivity contribution is -0.118. The minimum atomic E-state index is -0.238. The summed E-state index contributed by atoms with van der Waals surface area (Å²) in [6.07, 6.45) is 2.39. The Balaban J connectivity index is 1.70. The molecule has 0 spiro atoms. The summed E-state index contributed by atoms with van der Waals surface area (Å²) in [5.41, 5.74) is 0.765. The number of nitrogens with one attached hydrogen (secondary N) is 1. The van der Waals surface area contributed by atoms with E-state index in [9.17, 15) is 9.18 Å². The quantitative estimate of drug-likeness (QED) is 0.920. The standard InChI is InChI=1S/C17H18FNO2S/c1-2-15-14(4-3-7-21-15)17(20)19-10-13-9-11-8-12(18)5-6-16(11)22-13/h5-6,8-9H,2-4,7,10H2,1H3,(H,19,20). The maximum absolute atomic E-state index is 13.2. The molecule has 0 atom stereocenters. The highest BCUT2D eigenvalue weighted by molar-refractivity contribution is 7.19. The zero-order valence-electron chi connectivity index (χ0n) is 12.4. The van der Waals surface area contributed by atoms with Crippen molar-refractivity contribution in [2.75, 3.05) is 6.61 Å². The van der Waals surface area contributed by atoms with Crippen LogP contribution in [0.25, 0.3) is 10.1 Å². The predicted octanol–water partition coefficient (Wildman–Crippen LogP) is 4.13. The van der Waals surface area contributed by atoms with Gasteiger partial charge in [-0.25, -0.2) is 4.39 Å². The lowest BCUT2D eigenvalue weighted by atomic mass is 10.0. The average molecular weight is 319 g/mol. The maximum Gasteiger partial charge on any atom is 0.250 e. The van der Waals surface area contributed by atoms with Crippen LogP contribution in [0.1, 0.15) is 31.1 Å². The van der Waals surface area contributed by atoms with Crippen molar-refractivity contribution in [3.63, 3.8) is 0 Å². The summed E-state index contributed by atoms with van der Waals surface area (Å²) in [6.45, 7) is 3.15. The number of allylic oxidation sites excluding steroid dienone is 1. The van der Waals surface area contributed by atoms with Crippen molar-refractivity contribution < 1.29 is 13.9 Å². The molecule has 0 unspecified atom stereocenters. The first-order valence-electron chi connectivity index (χ1n) is 7.48. The van der Waals surface area contributed by atoms with Crippen LogP contribution in [-0.4, -0.2) is 12.5 Å². The first kappa shape index (κ1) is 15.0. The summed E-state index contributed by atoms with van der Waals surface area (Å²) in [6, 6.07) is 6.67. The van der Waals surface area contributed by atoms with E-state index in [0.29, 0.717) is 13.2 Å². The molecule has 1 N–H and O–H groups in total. The minimum absolute atomic E-state index is 0.0554. The van der Waals surface area contributed by atoms with E-state index in [1.807, 2.05) is 13.0 Å². The van der Waals surface area contributed by atoms with E-state index in [-0.39, 0.29) is 11.7 Å². The van der Waals surface area contributed by atoms with Gasteiger partial charge in [0.15, 0.2) is 0 Å². The number of hydrogen-bond donors (Lipinski definition) is 1. The maximum atomic E-state index is 13.2. The van der Waals surface area contributed by atoms with E-state index >= 15 is 0 Å². The second-order valence-electron chi connectivity index (χ2n) is 5.28. The molecule has 5 heteroatoms. The first-order chi connectivity index (χ1) is 10.7. The Labute approximate surface area is 132 Å². The third kappa shape index (κ3) is 3.14. The topological polar surface area (TPSA) is 38.3 Å². The number of hydrogen-bond acceptors (Lipinski definition) is 3. The lowest BCUT2D eigenvalue weighted by Gasteiger charge is -2.19.